The summed E-state index contributed by atoms with van der Waals surface area (Å²) in [4.78, 5) is 37.3. The maximum Gasteiger partial charge on any atom is 0.417 e. The fourth-order valence-corrected chi connectivity index (χ4v) is 0.0873. The van der Waals surface area contributed by atoms with E-state index in [2.05, 4.69) is 4.74 Å². The molecule has 0 aliphatic heterocycles. The molecule has 74 valence electrons. The van der Waals surface area contributed by atoms with Crippen LogP contribution in [0, 0.1) is 0 Å². The maximum absolute atomic E-state index is 9.69. The van der Waals surface area contributed by atoms with Gasteiger partial charge in [-0.15, -0.1) is 0 Å². The van der Waals surface area contributed by atoms with Gasteiger partial charge in [-0.2, -0.15) is 0 Å². The normalized spacial score (nSPS) is 7.46. The molecule has 0 aromatic rings. The van der Waals surface area contributed by atoms with Crippen molar-refractivity contribution in [3.8, 4) is 0 Å². The van der Waals surface area contributed by atoms with Gasteiger partial charge in [0.1, 0.15) is 0 Å². The first kappa shape index (κ1) is 13.5. The summed E-state index contributed by atoms with van der Waals surface area (Å²) in [5.41, 5.74) is 0. The molecule has 0 atom stereocenters. The number of rotatable bonds is 0. The molecule has 0 saturated heterocycles. The molecule has 0 fully saturated rings. The molecule has 0 aliphatic carbocycles. The molecule has 0 radical (unpaired) electrons. The van der Waals surface area contributed by atoms with Crippen molar-refractivity contribution in [2.75, 3.05) is 7.11 Å². The Labute approximate surface area is 71.3 Å². The Morgan fingerprint density at radius 2 is 1.15 bits per heavy atom. The summed E-state index contributed by atoms with van der Waals surface area (Å²) in [6.45, 7) is 0. The lowest BCUT2D eigenvalue weighted by Crippen LogP contribution is -2.13. The third kappa shape index (κ3) is 9.88. The highest BCUT2D eigenvalue weighted by Crippen LogP contribution is 1.68. The Bertz CT molecular complexity index is 217. The lowest BCUT2D eigenvalue weighted by atomic mass is 10.7. The van der Waals surface area contributed by atoms with E-state index in [0.717, 1.165) is 7.11 Å². The number of hydrogen-bond donors (Lipinski definition) is 3. The van der Waals surface area contributed by atoms with Crippen molar-refractivity contribution >= 4 is 23.9 Å². The molecule has 0 saturated carbocycles. The summed E-state index contributed by atoms with van der Waals surface area (Å²) in [5, 5.41) is 22.5. The quantitative estimate of drug-likeness (QED) is 0.309. The first-order valence-electron chi connectivity index (χ1n) is 2.60. The van der Waals surface area contributed by atoms with E-state index >= 15 is 0 Å². The number of ether oxygens (including phenoxy) is 1. The van der Waals surface area contributed by atoms with Crippen LogP contribution in [0.1, 0.15) is 0 Å². The maximum atomic E-state index is 9.69. The van der Waals surface area contributed by atoms with Gasteiger partial charge in [0, 0.05) is 0 Å². The number of carbonyl (C=O) groups excluding carboxylic acids is 1. The molecule has 0 spiro atoms. The fourth-order valence-electron chi connectivity index (χ4n) is 0.0873. The van der Waals surface area contributed by atoms with E-state index in [4.69, 9.17) is 24.9 Å². The SMILES string of the molecule is COC(=O)C(=O)O.O=C(O)C(=O)O. The minimum atomic E-state index is -1.82. The van der Waals surface area contributed by atoms with Gasteiger partial charge in [0.25, 0.3) is 0 Å². The summed E-state index contributed by atoms with van der Waals surface area (Å²) < 4.78 is 3.77. The third-order valence-corrected chi connectivity index (χ3v) is 0.543. The Morgan fingerprint density at radius 1 is 0.846 bits per heavy atom. The van der Waals surface area contributed by atoms with Crippen LogP contribution < -0.4 is 0 Å². The van der Waals surface area contributed by atoms with E-state index in [1.807, 2.05) is 0 Å². The fraction of sp³-hybridized carbons (Fsp3) is 0.200. The minimum Gasteiger partial charge on any atom is -0.473 e. The molecule has 0 heterocycles. The van der Waals surface area contributed by atoms with Crippen molar-refractivity contribution in [1.82, 2.24) is 0 Å². The largest absolute Gasteiger partial charge is 0.473 e. The number of aliphatic carboxylic acids is 3. The Balaban J connectivity index is 0. The van der Waals surface area contributed by atoms with Crippen LogP contribution in [0.25, 0.3) is 0 Å². The van der Waals surface area contributed by atoms with Crippen molar-refractivity contribution in [3.05, 3.63) is 0 Å². The van der Waals surface area contributed by atoms with Crippen molar-refractivity contribution in [2.45, 2.75) is 0 Å². The first-order valence-corrected chi connectivity index (χ1v) is 2.60. The van der Waals surface area contributed by atoms with Crippen LogP contribution in [0.2, 0.25) is 0 Å². The van der Waals surface area contributed by atoms with Crippen LogP contribution in [0.15, 0.2) is 0 Å². The molecule has 8 heteroatoms. The standard InChI is InChI=1S/C3H4O4.C2H2O4/c1-7-3(6)2(4)5;3-1(4)2(5)6/h1H3,(H,4,5);(H,3,4)(H,5,6). The summed E-state index contributed by atoms with van der Waals surface area (Å²) in [7, 11) is 1.01. The molecule has 0 amide bonds. The van der Waals surface area contributed by atoms with Crippen LogP contribution in [0.4, 0.5) is 0 Å². The summed E-state index contributed by atoms with van der Waals surface area (Å²) in [5.74, 6) is -6.45. The predicted octanol–water partition coefficient (Wildman–Crippen LogP) is -1.60. The molecule has 0 aromatic heterocycles. The lowest BCUT2D eigenvalue weighted by molar-refractivity contribution is -0.161. The van der Waals surface area contributed by atoms with Crippen LogP contribution in [-0.2, 0) is 23.9 Å². The minimum absolute atomic E-state index is 1.01. The second-order valence-corrected chi connectivity index (χ2v) is 1.41. The van der Waals surface area contributed by atoms with Gasteiger partial charge in [-0.3, -0.25) is 0 Å². The lowest BCUT2D eigenvalue weighted by Gasteiger charge is -1.85. The van der Waals surface area contributed by atoms with Gasteiger partial charge in [0.2, 0.25) is 0 Å². The number of carbonyl (C=O) groups is 4. The first-order chi connectivity index (χ1) is 5.82. The van der Waals surface area contributed by atoms with E-state index in [9.17, 15) is 9.59 Å². The Hall–Kier alpha value is -2.12. The Kier molecular flexibility index (Phi) is 6.82. The zero-order valence-corrected chi connectivity index (χ0v) is 6.38. The van der Waals surface area contributed by atoms with E-state index in [1.165, 1.54) is 0 Å². The highest BCUT2D eigenvalue weighted by molar-refractivity contribution is 6.28. The monoisotopic (exact) mass is 194 g/mol. The van der Waals surface area contributed by atoms with Crippen LogP contribution >= 0.6 is 0 Å². The molecule has 13 heavy (non-hydrogen) atoms. The van der Waals surface area contributed by atoms with Gasteiger partial charge in [-0.1, -0.05) is 0 Å². The van der Waals surface area contributed by atoms with Crippen molar-refractivity contribution < 1.29 is 39.2 Å². The van der Waals surface area contributed by atoms with Gasteiger partial charge >= 0.3 is 23.9 Å². The molecule has 3 N–H and O–H groups in total. The van der Waals surface area contributed by atoms with Crippen molar-refractivity contribution in [1.29, 1.82) is 0 Å². The third-order valence-electron chi connectivity index (χ3n) is 0.543. The van der Waals surface area contributed by atoms with Gasteiger partial charge in [0.05, 0.1) is 7.11 Å². The van der Waals surface area contributed by atoms with Gasteiger partial charge in [0.15, 0.2) is 0 Å². The zero-order chi connectivity index (χ0) is 11.0. The van der Waals surface area contributed by atoms with Gasteiger partial charge in [-0.25, -0.2) is 19.2 Å². The van der Waals surface area contributed by atoms with Gasteiger partial charge in [-0.05, 0) is 0 Å². The molecule has 0 aliphatic rings. The smallest absolute Gasteiger partial charge is 0.417 e. The average molecular weight is 194 g/mol. The number of carboxylic acid groups (broad SMARTS) is 3. The van der Waals surface area contributed by atoms with Crippen LogP contribution in [0.3, 0.4) is 0 Å². The van der Waals surface area contributed by atoms with Crippen LogP contribution in [-0.4, -0.2) is 46.3 Å². The number of esters is 1. The molecular formula is C5H6O8. The second-order valence-electron chi connectivity index (χ2n) is 1.41. The average Bonchev–Trinajstić information content (AvgIpc) is 2.03. The van der Waals surface area contributed by atoms with Crippen molar-refractivity contribution in [2.24, 2.45) is 0 Å². The summed E-state index contributed by atoms with van der Waals surface area (Å²) in [6, 6.07) is 0. The molecule has 0 bridgehead atoms. The molecular weight excluding hydrogens is 188 g/mol. The summed E-state index contributed by atoms with van der Waals surface area (Å²) >= 11 is 0. The highest BCUT2D eigenvalue weighted by atomic mass is 16.5. The van der Waals surface area contributed by atoms with Crippen molar-refractivity contribution in [3.63, 3.8) is 0 Å². The summed E-state index contributed by atoms with van der Waals surface area (Å²) in [6.07, 6.45) is 0. The van der Waals surface area contributed by atoms with E-state index in [1.54, 1.807) is 0 Å². The molecule has 0 unspecified atom stereocenters. The molecule has 0 rings (SSSR count). The van der Waals surface area contributed by atoms with Gasteiger partial charge < -0.3 is 20.1 Å². The topological polar surface area (TPSA) is 138 Å². The second kappa shape index (κ2) is 6.58. The van der Waals surface area contributed by atoms with Crippen LogP contribution in [0.5, 0.6) is 0 Å². The predicted molar refractivity (Wildman–Crippen MR) is 34.9 cm³/mol. The Morgan fingerprint density at radius 3 is 1.15 bits per heavy atom. The van der Waals surface area contributed by atoms with E-state index in [-0.39, 0.29) is 0 Å². The zero-order valence-electron chi connectivity index (χ0n) is 6.38. The number of carboxylic acids is 3. The highest BCUT2D eigenvalue weighted by Gasteiger charge is 2.08. The number of methoxy groups -OCH3 is 1. The van der Waals surface area contributed by atoms with E-state index < -0.39 is 23.9 Å². The van der Waals surface area contributed by atoms with E-state index in [0.29, 0.717) is 0 Å². The molecule has 0 aromatic carbocycles. The number of hydrogen-bond acceptors (Lipinski definition) is 5. The molecule has 8 nitrogen and oxygen atoms in total.